The van der Waals surface area contributed by atoms with Crippen LogP contribution in [0.5, 0.6) is 0 Å². The van der Waals surface area contributed by atoms with Crippen LogP contribution in [0, 0.1) is 23.2 Å². The zero-order valence-electron chi connectivity index (χ0n) is 18.1. The third-order valence-electron chi connectivity index (χ3n) is 7.29. The first kappa shape index (κ1) is 23.0. The molecule has 0 heterocycles. The van der Waals surface area contributed by atoms with Gasteiger partial charge in [0.15, 0.2) is 0 Å². The molecule has 2 bridgehead atoms. The van der Waals surface area contributed by atoms with Crippen LogP contribution in [0.1, 0.15) is 57.9 Å². The lowest BCUT2D eigenvalue weighted by molar-refractivity contribution is -0.137. The van der Waals surface area contributed by atoms with Crippen molar-refractivity contribution in [1.82, 2.24) is 4.72 Å². The van der Waals surface area contributed by atoms with E-state index in [-0.39, 0.29) is 23.6 Å². The summed E-state index contributed by atoms with van der Waals surface area (Å²) in [5.41, 5.74) is 1.31. The number of carboxylic acids is 1. The van der Waals surface area contributed by atoms with Crippen LogP contribution in [-0.4, -0.2) is 31.3 Å². The Bertz CT molecular complexity index is 847. The highest BCUT2D eigenvalue weighted by Crippen LogP contribution is 2.62. The quantitative estimate of drug-likeness (QED) is 0.400. The molecule has 3 fully saturated rings. The molecule has 0 aromatic heterocycles. The standard InChI is InChI=1S/C24H35NO4S/c1-24(2)19-16-21(24)20(12-8-3-4-9-13-23(26)27)22(17-19)25-30(28,29)15-14-18-10-6-5-7-11-18/h3,5-8,10-11,19-22,25H,4,9,12-17H2,1-2H3,(H,26,27)/t19-,20+,21+,22+/m1/s1. The third-order valence-corrected chi connectivity index (χ3v) is 8.69. The fourth-order valence-electron chi connectivity index (χ4n) is 5.34. The number of carbonyl (C=O) groups is 1. The molecule has 3 aliphatic carbocycles. The average Bonchev–Trinajstić information content (AvgIpc) is 2.70. The molecule has 1 aromatic carbocycles. The molecule has 5 nitrogen and oxygen atoms in total. The summed E-state index contributed by atoms with van der Waals surface area (Å²) < 4.78 is 28.6. The summed E-state index contributed by atoms with van der Waals surface area (Å²) in [5.74, 6) is 0.765. The van der Waals surface area contributed by atoms with E-state index in [0.29, 0.717) is 30.6 Å². The molecular weight excluding hydrogens is 398 g/mol. The maximum absolute atomic E-state index is 12.8. The number of hydrogen-bond acceptors (Lipinski definition) is 3. The Kier molecular flexibility index (Phi) is 7.40. The summed E-state index contributed by atoms with van der Waals surface area (Å²) in [6, 6.07) is 9.73. The summed E-state index contributed by atoms with van der Waals surface area (Å²) >= 11 is 0. The van der Waals surface area contributed by atoms with Gasteiger partial charge in [-0.1, -0.05) is 56.3 Å². The molecule has 0 unspecified atom stereocenters. The predicted octanol–water partition coefficient (Wildman–Crippen LogP) is 4.40. The van der Waals surface area contributed by atoms with Crippen molar-refractivity contribution in [2.24, 2.45) is 23.2 Å². The van der Waals surface area contributed by atoms with Gasteiger partial charge < -0.3 is 5.11 Å². The summed E-state index contributed by atoms with van der Waals surface area (Å²) in [4.78, 5) is 10.6. The molecule has 30 heavy (non-hydrogen) atoms. The van der Waals surface area contributed by atoms with Crippen molar-refractivity contribution in [3.8, 4) is 0 Å². The highest BCUT2D eigenvalue weighted by Gasteiger charge is 2.57. The summed E-state index contributed by atoms with van der Waals surface area (Å²) in [5, 5.41) is 8.74. The molecule has 2 N–H and O–H groups in total. The molecule has 166 valence electrons. The van der Waals surface area contributed by atoms with Gasteiger partial charge in [-0.25, -0.2) is 13.1 Å². The SMILES string of the molecule is CC1(C)[C@H]2C[C@H](NS(=O)(=O)CCc3ccccc3)[C@@H](CC=CCCCC(=O)O)[C@@H]1C2. The number of fused-ring (bicyclic) bond motifs is 2. The Hall–Kier alpha value is -1.66. The van der Waals surface area contributed by atoms with Crippen molar-refractivity contribution in [2.75, 3.05) is 5.75 Å². The van der Waals surface area contributed by atoms with Crippen LogP contribution in [-0.2, 0) is 21.2 Å². The molecule has 3 aliphatic rings. The van der Waals surface area contributed by atoms with E-state index in [1.54, 1.807) is 0 Å². The Balaban J connectivity index is 1.58. The largest absolute Gasteiger partial charge is 0.481 e. The van der Waals surface area contributed by atoms with E-state index >= 15 is 0 Å². The van der Waals surface area contributed by atoms with Gasteiger partial charge in [0.25, 0.3) is 0 Å². The molecule has 0 spiro atoms. The van der Waals surface area contributed by atoms with Crippen LogP contribution >= 0.6 is 0 Å². The van der Waals surface area contributed by atoms with Crippen LogP contribution in [0.2, 0.25) is 0 Å². The van der Waals surface area contributed by atoms with Crippen LogP contribution < -0.4 is 4.72 Å². The van der Waals surface area contributed by atoms with Gasteiger partial charge in [-0.15, -0.1) is 0 Å². The van der Waals surface area contributed by atoms with Gasteiger partial charge in [-0.2, -0.15) is 0 Å². The smallest absolute Gasteiger partial charge is 0.303 e. The molecule has 1 aromatic rings. The Morgan fingerprint density at radius 2 is 1.93 bits per heavy atom. The maximum Gasteiger partial charge on any atom is 0.303 e. The lowest BCUT2D eigenvalue weighted by Gasteiger charge is -2.62. The number of aliphatic carboxylic acids is 1. The molecular formula is C24H35NO4S. The van der Waals surface area contributed by atoms with Crippen molar-refractivity contribution >= 4 is 16.0 Å². The van der Waals surface area contributed by atoms with E-state index in [0.717, 1.165) is 24.8 Å². The second-order valence-corrected chi connectivity index (χ2v) is 11.4. The van der Waals surface area contributed by atoms with E-state index < -0.39 is 16.0 Å². The fraction of sp³-hybridized carbons (Fsp3) is 0.625. The van der Waals surface area contributed by atoms with Gasteiger partial charge in [0.2, 0.25) is 10.0 Å². The molecule has 3 saturated carbocycles. The van der Waals surface area contributed by atoms with Crippen LogP contribution in [0.3, 0.4) is 0 Å². The normalized spacial score (nSPS) is 27.7. The Morgan fingerprint density at radius 3 is 2.60 bits per heavy atom. The number of carboxylic acid groups (broad SMARTS) is 1. The number of allylic oxidation sites excluding steroid dienone is 2. The Morgan fingerprint density at radius 1 is 1.20 bits per heavy atom. The minimum absolute atomic E-state index is 0.00813. The first-order valence-electron chi connectivity index (χ1n) is 11.1. The summed E-state index contributed by atoms with van der Waals surface area (Å²) in [6.45, 7) is 4.63. The lowest BCUT2D eigenvalue weighted by atomic mass is 9.44. The highest BCUT2D eigenvalue weighted by molar-refractivity contribution is 7.89. The zero-order valence-corrected chi connectivity index (χ0v) is 18.9. The number of nitrogens with one attached hydrogen (secondary N) is 1. The summed E-state index contributed by atoms with van der Waals surface area (Å²) in [6.07, 6.45) is 9.24. The molecule has 4 atom stereocenters. The summed E-state index contributed by atoms with van der Waals surface area (Å²) in [7, 11) is -3.34. The Labute approximate surface area is 181 Å². The molecule has 4 rings (SSSR count). The van der Waals surface area contributed by atoms with Crippen LogP contribution in [0.15, 0.2) is 42.5 Å². The number of unbranched alkanes of at least 4 members (excludes halogenated alkanes) is 1. The zero-order chi connectivity index (χ0) is 21.8. The minimum Gasteiger partial charge on any atom is -0.481 e. The first-order valence-corrected chi connectivity index (χ1v) is 12.7. The first-order chi connectivity index (χ1) is 14.2. The minimum atomic E-state index is -3.34. The van der Waals surface area contributed by atoms with Gasteiger partial charge in [-0.05, 0) is 67.3 Å². The van der Waals surface area contributed by atoms with E-state index in [9.17, 15) is 13.2 Å². The van der Waals surface area contributed by atoms with Crippen LogP contribution in [0.25, 0.3) is 0 Å². The number of sulfonamides is 1. The monoisotopic (exact) mass is 433 g/mol. The van der Waals surface area contributed by atoms with Crippen molar-refractivity contribution < 1.29 is 18.3 Å². The number of rotatable bonds is 11. The van der Waals surface area contributed by atoms with Gasteiger partial charge in [0.1, 0.15) is 0 Å². The fourth-order valence-corrected chi connectivity index (χ4v) is 6.69. The second kappa shape index (κ2) is 9.65. The molecule has 6 heteroatoms. The molecule has 0 saturated heterocycles. The van der Waals surface area contributed by atoms with Gasteiger partial charge in [0, 0.05) is 12.5 Å². The maximum atomic E-state index is 12.8. The van der Waals surface area contributed by atoms with Crippen molar-refractivity contribution in [3.05, 3.63) is 48.0 Å². The third kappa shape index (κ3) is 5.73. The lowest BCUT2D eigenvalue weighted by Crippen LogP contribution is -2.61. The van der Waals surface area contributed by atoms with E-state index in [4.69, 9.17) is 5.11 Å². The predicted molar refractivity (Wildman–Crippen MR) is 120 cm³/mol. The average molecular weight is 434 g/mol. The van der Waals surface area contributed by atoms with Gasteiger partial charge >= 0.3 is 5.97 Å². The van der Waals surface area contributed by atoms with Crippen molar-refractivity contribution in [3.63, 3.8) is 0 Å². The van der Waals surface area contributed by atoms with Crippen LogP contribution in [0.4, 0.5) is 0 Å². The highest BCUT2D eigenvalue weighted by atomic mass is 32.2. The molecule has 0 aliphatic heterocycles. The molecule has 0 radical (unpaired) electrons. The van der Waals surface area contributed by atoms with Crippen molar-refractivity contribution in [2.45, 2.75) is 64.8 Å². The van der Waals surface area contributed by atoms with Crippen molar-refractivity contribution in [1.29, 1.82) is 0 Å². The number of aryl methyl sites for hydroxylation is 1. The van der Waals surface area contributed by atoms with E-state index in [2.05, 4.69) is 30.7 Å². The number of hydrogen-bond donors (Lipinski definition) is 2. The molecule has 0 amide bonds. The second-order valence-electron chi connectivity index (χ2n) is 9.53. The van der Waals surface area contributed by atoms with E-state index in [1.807, 2.05) is 30.3 Å². The van der Waals surface area contributed by atoms with Gasteiger partial charge in [-0.3, -0.25) is 4.79 Å². The number of benzene rings is 1. The van der Waals surface area contributed by atoms with Gasteiger partial charge in [0.05, 0.1) is 5.75 Å². The topological polar surface area (TPSA) is 83.5 Å². The van der Waals surface area contributed by atoms with E-state index in [1.165, 1.54) is 6.42 Å².